The van der Waals surface area contributed by atoms with E-state index < -0.39 is 5.97 Å². The Morgan fingerprint density at radius 2 is 1.81 bits per heavy atom. The van der Waals surface area contributed by atoms with Crippen molar-refractivity contribution in [1.82, 2.24) is 5.32 Å². The van der Waals surface area contributed by atoms with E-state index in [2.05, 4.69) is 36.5 Å². The lowest BCUT2D eigenvalue weighted by Crippen LogP contribution is -2.59. The van der Waals surface area contributed by atoms with Gasteiger partial charge in [0, 0.05) is 6.54 Å². The number of amides is 1. The van der Waals surface area contributed by atoms with Gasteiger partial charge in [0.25, 0.3) is 0 Å². The topological polar surface area (TPSA) is 75.6 Å². The minimum Gasteiger partial charge on any atom is -0.480 e. The van der Waals surface area contributed by atoms with Crippen molar-refractivity contribution < 1.29 is 19.4 Å². The number of benzene rings is 1. The minimum absolute atomic E-state index is 0.145. The number of carboxylic acid groups (broad SMARTS) is 1. The number of aliphatic carboxylic acids is 1. The van der Waals surface area contributed by atoms with Crippen LogP contribution in [-0.2, 0) is 19.7 Å². The van der Waals surface area contributed by atoms with Crippen molar-refractivity contribution in [3.8, 4) is 0 Å². The number of hydrogen-bond acceptors (Lipinski definition) is 3. The molecule has 0 saturated heterocycles. The molecule has 4 fully saturated rings. The Morgan fingerprint density at radius 1 is 1.15 bits per heavy atom. The molecule has 4 saturated carbocycles. The van der Waals surface area contributed by atoms with Crippen molar-refractivity contribution in [3.63, 3.8) is 0 Å². The third kappa shape index (κ3) is 3.49. The number of ether oxygens (including phenoxy) is 1. The highest BCUT2D eigenvalue weighted by Crippen LogP contribution is 2.65. The van der Waals surface area contributed by atoms with Crippen LogP contribution in [0.1, 0.15) is 49.7 Å². The van der Waals surface area contributed by atoms with Crippen LogP contribution in [0.3, 0.4) is 0 Å². The number of carbonyl (C=O) groups excluding carboxylic acids is 1. The highest BCUT2D eigenvalue weighted by atomic mass is 16.5. The molecular weight excluding hydrogens is 342 g/mol. The molecule has 2 unspecified atom stereocenters. The second kappa shape index (κ2) is 6.93. The number of carboxylic acids is 1. The molecule has 5 rings (SSSR count). The fourth-order valence-corrected chi connectivity index (χ4v) is 6.36. The Hall–Kier alpha value is -1.88. The molecule has 1 aromatic carbocycles. The first-order chi connectivity index (χ1) is 12.9. The monoisotopic (exact) mass is 371 g/mol. The van der Waals surface area contributed by atoms with E-state index in [9.17, 15) is 9.59 Å². The quantitative estimate of drug-likeness (QED) is 0.723. The van der Waals surface area contributed by atoms with Crippen molar-refractivity contribution in [2.75, 3.05) is 19.8 Å². The number of hydrogen-bond donors (Lipinski definition) is 2. The molecule has 2 N–H and O–H groups in total. The Morgan fingerprint density at radius 3 is 2.44 bits per heavy atom. The summed E-state index contributed by atoms with van der Waals surface area (Å²) in [4.78, 5) is 23.6. The Kier molecular flexibility index (Phi) is 4.75. The van der Waals surface area contributed by atoms with E-state index >= 15 is 0 Å². The first-order valence-electron chi connectivity index (χ1n) is 10.1. The van der Waals surface area contributed by atoms with Crippen molar-refractivity contribution >= 4 is 11.9 Å². The van der Waals surface area contributed by atoms with E-state index in [1.165, 1.54) is 30.4 Å². The van der Waals surface area contributed by atoms with E-state index in [-0.39, 0.29) is 30.0 Å². The first-order valence-corrected chi connectivity index (χ1v) is 10.1. The fourth-order valence-electron chi connectivity index (χ4n) is 6.36. The van der Waals surface area contributed by atoms with Gasteiger partial charge in [-0.25, -0.2) is 4.79 Å². The second-order valence-corrected chi connectivity index (χ2v) is 9.09. The summed E-state index contributed by atoms with van der Waals surface area (Å²) in [5.74, 6) is 0.442. The summed E-state index contributed by atoms with van der Waals surface area (Å²) in [6.07, 6.45) is 6.63. The molecule has 146 valence electrons. The van der Waals surface area contributed by atoms with E-state index in [4.69, 9.17) is 9.84 Å². The number of nitrogens with one attached hydrogen (secondary N) is 1. The van der Waals surface area contributed by atoms with Crippen molar-refractivity contribution in [2.45, 2.75) is 50.9 Å². The summed E-state index contributed by atoms with van der Waals surface area (Å²) in [7, 11) is 0. The van der Waals surface area contributed by atoms with Crippen LogP contribution >= 0.6 is 0 Å². The molecule has 0 aliphatic heterocycles. The summed E-state index contributed by atoms with van der Waals surface area (Å²) in [6, 6.07) is 8.93. The lowest BCUT2D eigenvalue weighted by atomic mass is 9.42. The lowest BCUT2D eigenvalue weighted by Gasteiger charge is -2.61. The van der Waals surface area contributed by atoms with Crippen molar-refractivity contribution in [1.29, 1.82) is 0 Å². The smallest absolute Gasteiger partial charge is 0.329 e. The molecule has 27 heavy (non-hydrogen) atoms. The molecule has 5 heteroatoms. The molecule has 5 nitrogen and oxygen atoms in total. The zero-order valence-corrected chi connectivity index (χ0v) is 16.0. The summed E-state index contributed by atoms with van der Waals surface area (Å²) in [5.41, 5.74) is 2.57. The predicted octanol–water partition coefficient (Wildman–Crippen LogP) is 3.05. The maximum Gasteiger partial charge on any atom is 0.329 e. The van der Waals surface area contributed by atoms with Gasteiger partial charge in [-0.1, -0.05) is 29.8 Å². The van der Waals surface area contributed by atoms with Gasteiger partial charge in [0.05, 0.1) is 12.0 Å². The standard InChI is InChI=1S/C22H29NO4/c1-15-2-4-18(5-3-15)21-9-16-8-17(10-21)12-22(11-16,14-21)20(26)23-6-7-27-13-19(24)25/h2-5,16-17H,6-14H2,1H3,(H,23,26)(H,24,25). The molecule has 1 amide bonds. The molecule has 0 aromatic heterocycles. The molecule has 4 aliphatic carbocycles. The van der Waals surface area contributed by atoms with Crippen LogP contribution in [0.5, 0.6) is 0 Å². The molecule has 0 heterocycles. The third-order valence-corrected chi connectivity index (χ3v) is 6.96. The number of aryl methyl sites for hydroxylation is 1. The molecule has 0 radical (unpaired) electrons. The van der Waals surface area contributed by atoms with E-state index in [0.717, 1.165) is 19.3 Å². The van der Waals surface area contributed by atoms with Gasteiger partial charge >= 0.3 is 5.97 Å². The Bertz CT molecular complexity index is 712. The van der Waals surface area contributed by atoms with Gasteiger partial charge in [-0.05, 0) is 68.3 Å². The number of carbonyl (C=O) groups is 2. The highest BCUT2D eigenvalue weighted by Gasteiger charge is 2.60. The second-order valence-electron chi connectivity index (χ2n) is 9.09. The normalized spacial score (nSPS) is 33.8. The zero-order chi connectivity index (χ0) is 19.1. The van der Waals surface area contributed by atoms with Crippen LogP contribution in [0.15, 0.2) is 24.3 Å². The summed E-state index contributed by atoms with van der Waals surface area (Å²) in [5, 5.41) is 11.7. The van der Waals surface area contributed by atoms with Crippen LogP contribution < -0.4 is 5.32 Å². The molecule has 2 atom stereocenters. The summed E-state index contributed by atoms with van der Waals surface area (Å²) < 4.78 is 5.05. The van der Waals surface area contributed by atoms with E-state index in [0.29, 0.717) is 18.4 Å². The van der Waals surface area contributed by atoms with Gasteiger partial charge < -0.3 is 15.2 Å². The average molecular weight is 371 g/mol. The van der Waals surface area contributed by atoms with E-state index in [1.807, 2.05) is 0 Å². The van der Waals surface area contributed by atoms with Gasteiger partial charge in [0.15, 0.2) is 0 Å². The third-order valence-electron chi connectivity index (χ3n) is 6.96. The van der Waals surface area contributed by atoms with E-state index in [1.54, 1.807) is 0 Å². The largest absolute Gasteiger partial charge is 0.480 e. The highest BCUT2D eigenvalue weighted by molar-refractivity contribution is 5.83. The summed E-state index contributed by atoms with van der Waals surface area (Å²) in [6.45, 7) is 2.41. The van der Waals surface area contributed by atoms with Crippen LogP contribution in [0.4, 0.5) is 0 Å². The Labute approximate surface area is 160 Å². The SMILES string of the molecule is Cc1ccc(C23CC4CC(CC(C(=O)NCCOCC(=O)O)(C4)C2)C3)cc1. The van der Waals surface area contributed by atoms with Gasteiger partial charge in [-0.2, -0.15) is 0 Å². The van der Waals surface area contributed by atoms with Crippen LogP contribution in [0, 0.1) is 24.2 Å². The maximum absolute atomic E-state index is 13.1. The van der Waals surface area contributed by atoms with Crippen molar-refractivity contribution in [3.05, 3.63) is 35.4 Å². The first kappa shape index (κ1) is 18.5. The molecular formula is C22H29NO4. The lowest BCUT2D eigenvalue weighted by molar-refractivity contribution is -0.149. The van der Waals surface area contributed by atoms with Gasteiger partial charge in [0.1, 0.15) is 6.61 Å². The molecule has 4 aliphatic rings. The van der Waals surface area contributed by atoms with Gasteiger partial charge in [-0.15, -0.1) is 0 Å². The van der Waals surface area contributed by atoms with Crippen LogP contribution in [0.2, 0.25) is 0 Å². The summed E-state index contributed by atoms with van der Waals surface area (Å²) >= 11 is 0. The molecule has 1 aromatic rings. The predicted molar refractivity (Wildman–Crippen MR) is 101 cm³/mol. The molecule has 4 bridgehead atoms. The van der Waals surface area contributed by atoms with Crippen molar-refractivity contribution in [2.24, 2.45) is 17.3 Å². The van der Waals surface area contributed by atoms with Crippen LogP contribution in [0.25, 0.3) is 0 Å². The zero-order valence-electron chi connectivity index (χ0n) is 16.0. The number of rotatable bonds is 7. The molecule has 0 spiro atoms. The van der Waals surface area contributed by atoms with Crippen LogP contribution in [-0.4, -0.2) is 36.7 Å². The maximum atomic E-state index is 13.1. The van der Waals surface area contributed by atoms with Gasteiger partial charge in [-0.3, -0.25) is 4.79 Å². The minimum atomic E-state index is -0.984. The fraction of sp³-hybridized carbons (Fsp3) is 0.636. The van der Waals surface area contributed by atoms with Gasteiger partial charge in [0.2, 0.25) is 5.91 Å². The average Bonchev–Trinajstić information content (AvgIpc) is 2.60. The Balaban J connectivity index is 1.47.